The van der Waals surface area contributed by atoms with Gasteiger partial charge >= 0.3 is 0 Å². The van der Waals surface area contributed by atoms with Crippen LogP contribution in [0.2, 0.25) is 0 Å². The summed E-state index contributed by atoms with van der Waals surface area (Å²) < 4.78 is 17.9. The summed E-state index contributed by atoms with van der Waals surface area (Å²) in [7, 11) is 5.66. The third-order valence-corrected chi connectivity index (χ3v) is 5.34. The maximum Gasteiger partial charge on any atom is 0.231 e. The second-order valence-electron chi connectivity index (χ2n) is 7.86. The van der Waals surface area contributed by atoms with Gasteiger partial charge in [0.25, 0.3) is 0 Å². The lowest BCUT2D eigenvalue weighted by Crippen LogP contribution is -2.31. The van der Waals surface area contributed by atoms with Crippen LogP contribution in [0.1, 0.15) is 18.4 Å². The number of amides is 1. The molecule has 1 aliphatic heterocycles. The van der Waals surface area contributed by atoms with Crippen LogP contribution < -0.4 is 19.5 Å². The molecular formula is C24H27N3O4. The van der Waals surface area contributed by atoms with E-state index in [-0.39, 0.29) is 17.9 Å². The highest BCUT2D eigenvalue weighted by atomic mass is 16.5. The molecule has 31 heavy (non-hydrogen) atoms. The molecule has 0 saturated carbocycles. The molecule has 0 aliphatic carbocycles. The highest BCUT2D eigenvalue weighted by Gasteiger charge is 2.36. The van der Waals surface area contributed by atoms with E-state index in [2.05, 4.69) is 15.2 Å². The lowest BCUT2D eigenvalue weighted by Gasteiger charge is -2.13. The number of nitrogens with one attached hydrogen (secondary N) is 1. The number of hydrogen-bond acceptors (Lipinski definition) is 6. The molecule has 0 radical (unpaired) electrons. The maximum atomic E-state index is 12.2. The van der Waals surface area contributed by atoms with Crippen molar-refractivity contribution in [3.63, 3.8) is 0 Å². The van der Waals surface area contributed by atoms with Crippen LogP contribution in [-0.2, 0) is 4.79 Å². The number of pyridine rings is 1. The Morgan fingerprint density at radius 3 is 2.74 bits per heavy atom. The molecule has 3 aromatic rings. The smallest absolute Gasteiger partial charge is 0.231 e. The van der Waals surface area contributed by atoms with Crippen molar-refractivity contribution in [3.05, 3.63) is 54.2 Å². The Bertz CT molecular complexity index is 1100. The summed E-state index contributed by atoms with van der Waals surface area (Å²) in [6.45, 7) is 3.35. The molecule has 7 heteroatoms. The number of fused-ring (bicyclic) bond motifs is 2. The van der Waals surface area contributed by atoms with Crippen molar-refractivity contribution >= 4 is 16.8 Å². The summed E-state index contributed by atoms with van der Waals surface area (Å²) in [5, 5.41) is 3.60. The first-order chi connectivity index (χ1) is 15.0. The van der Waals surface area contributed by atoms with Crippen molar-refractivity contribution in [1.29, 1.82) is 0 Å². The van der Waals surface area contributed by atoms with Crippen LogP contribution in [0.3, 0.4) is 0 Å². The molecule has 1 aliphatic rings. The summed E-state index contributed by atoms with van der Waals surface area (Å²) in [5.41, 5.74) is 1.67. The van der Waals surface area contributed by atoms with E-state index in [0.717, 1.165) is 28.8 Å². The fourth-order valence-electron chi connectivity index (χ4n) is 3.72. The Hall–Kier alpha value is -3.32. The lowest BCUT2D eigenvalue weighted by atomic mass is 9.95. The second-order valence-corrected chi connectivity index (χ2v) is 7.86. The van der Waals surface area contributed by atoms with E-state index in [0.29, 0.717) is 23.9 Å². The van der Waals surface area contributed by atoms with E-state index >= 15 is 0 Å². The molecule has 0 fully saturated rings. The van der Waals surface area contributed by atoms with Gasteiger partial charge in [0.15, 0.2) is 0 Å². The van der Waals surface area contributed by atoms with Gasteiger partial charge in [0.05, 0.1) is 5.52 Å². The average molecular weight is 421 g/mol. The summed E-state index contributed by atoms with van der Waals surface area (Å²) in [6, 6.07) is 13.2. The summed E-state index contributed by atoms with van der Waals surface area (Å²) >= 11 is 0. The fraction of sp³-hybridized carbons (Fsp3) is 0.333. The number of likely N-dealkylation sites (N-methyl/N-ethyl adjacent to an activating group) is 2. The second kappa shape index (κ2) is 8.81. The lowest BCUT2D eigenvalue weighted by molar-refractivity contribution is -0.123. The van der Waals surface area contributed by atoms with Crippen molar-refractivity contribution < 1.29 is 19.0 Å². The van der Waals surface area contributed by atoms with Crippen LogP contribution in [-0.4, -0.2) is 56.2 Å². The zero-order valence-corrected chi connectivity index (χ0v) is 18.2. The third kappa shape index (κ3) is 4.41. The highest BCUT2D eigenvalue weighted by Crippen LogP contribution is 2.41. The van der Waals surface area contributed by atoms with E-state index < -0.39 is 0 Å². The minimum Gasteiger partial charge on any atom is -0.492 e. The van der Waals surface area contributed by atoms with Crippen LogP contribution >= 0.6 is 0 Å². The molecule has 162 valence electrons. The molecule has 4 rings (SSSR count). The largest absolute Gasteiger partial charge is 0.492 e. The third-order valence-electron chi connectivity index (χ3n) is 5.34. The number of nitrogens with zero attached hydrogens (tertiary/aromatic N) is 2. The molecule has 0 spiro atoms. The van der Waals surface area contributed by atoms with Crippen LogP contribution in [0.5, 0.6) is 23.0 Å². The fourth-order valence-corrected chi connectivity index (χ4v) is 3.72. The van der Waals surface area contributed by atoms with Gasteiger partial charge in [-0.15, -0.1) is 0 Å². The van der Waals surface area contributed by atoms with E-state index in [9.17, 15) is 4.79 Å². The van der Waals surface area contributed by atoms with Crippen molar-refractivity contribution in [2.75, 3.05) is 34.3 Å². The molecule has 7 nitrogen and oxygen atoms in total. The summed E-state index contributed by atoms with van der Waals surface area (Å²) in [4.78, 5) is 18.7. The molecule has 1 N–H and O–H groups in total. The Kier molecular flexibility index (Phi) is 5.95. The van der Waals surface area contributed by atoms with Crippen molar-refractivity contribution in [2.45, 2.75) is 18.9 Å². The number of hydrogen-bond donors (Lipinski definition) is 1. The highest BCUT2D eigenvalue weighted by molar-refractivity contribution is 5.87. The average Bonchev–Trinajstić information content (AvgIpc) is 3.08. The monoisotopic (exact) mass is 421 g/mol. The molecule has 2 unspecified atom stereocenters. The van der Waals surface area contributed by atoms with Crippen LogP contribution in [0.25, 0.3) is 10.9 Å². The standard InChI is InChI=1S/C24H27N3O4/c1-15-23(24(28)25-2)19-8-6-17(14-22(19)30-15)31-21-9-10-26-20-13-16(5-7-18(20)21)29-12-11-27(3)4/h5-10,13-15,23H,11-12H2,1-4H3,(H,25,28). The minimum atomic E-state index is -0.318. The van der Waals surface area contributed by atoms with Gasteiger partial charge < -0.3 is 24.4 Å². The van der Waals surface area contributed by atoms with E-state index in [1.807, 2.05) is 63.5 Å². The Morgan fingerprint density at radius 1 is 1.16 bits per heavy atom. The van der Waals surface area contributed by atoms with Gasteiger partial charge in [-0.1, -0.05) is 6.07 Å². The maximum absolute atomic E-state index is 12.2. The van der Waals surface area contributed by atoms with Crippen molar-refractivity contribution in [2.24, 2.45) is 0 Å². The van der Waals surface area contributed by atoms with Crippen LogP contribution in [0, 0.1) is 0 Å². The predicted molar refractivity (Wildman–Crippen MR) is 119 cm³/mol. The minimum absolute atomic E-state index is 0.0522. The SMILES string of the molecule is CNC(=O)C1c2ccc(Oc3ccnc4cc(OCCN(C)C)ccc34)cc2OC1C. The molecule has 2 aromatic carbocycles. The zero-order valence-electron chi connectivity index (χ0n) is 18.2. The summed E-state index contributed by atoms with van der Waals surface area (Å²) in [6.07, 6.45) is 1.49. The molecular weight excluding hydrogens is 394 g/mol. The van der Waals surface area contributed by atoms with Crippen molar-refractivity contribution in [3.8, 4) is 23.0 Å². The van der Waals surface area contributed by atoms with Gasteiger partial charge in [0.2, 0.25) is 5.91 Å². The Balaban J connectivity index is 1.55. The van der Waals surface area contributed by atoms with Gasteiger partial charge in [-0.2, -0.15) is 0 Å². The van der Waals surface area contributed by atoms with Crippen LogP contribution in [0.15, 0.2) is 48.7 Å². The topological polar surface area (TPSA) is 72.9 Å². The zero-order chi connectivity index (χ0) is 22.0. The normalized spacial score (nSPS) is 17.3. The van der Waals surface area contributed by atoms with Gasteiger partial charge in [0.1, 0.15) is 41.6 Å². The molecule has 1 amide bonds. The number of aromatic nitrogens is 1. The van der Waals surface area contributed by atoms with Gasteiger partial charge in [0, 0.05) is 42.9 Å². The van der Waals surface area contributed by atoms with Gasteiger partial charge in [-0.05, 0) is 45.3 Å². The first kappa shape index (κ1) is 20.9. The molecule has 0 bridgehead atoms. The predicted octanol–water partition coefficient (Wildman–Crippen LogP) is 3.58. The molecule has 0 saturated heterocycles. The van der Waals surface area contributed by atoms with Gasteiger partial charge in [-0.25, -0.2) is 0 Å². The Labute approximate surface area is 181 Å². The number of carbonyl (C=O) groups excluding carboxylic acids is 1. The van der Waals surface area contributed by atoms with E-state index in [1.165, 1.54) is 0 Å². The van der Waals surface area contributed by atoms with Crippen molar-refractivity contribution in [1.82, 2.24) is 15.2 Å². The number of benzene rings is 2. The number of carbonyl (C=O) groups is 1. The van der Waals surface area contributed by atoms with Crippen LogP contribution in [0.4, 0.5) is 0 Å². The molecule has 2 atom stereocenters. The molecule has 2 heterocycles. The quantitative estimate of drug-likeness (QED) is 0.629. The summed E-state index contributed by atoms with van der Waals surface area (Å²) in [5.74, 6) is 2.42. The van der Waals surface area contributed by atoms with Gasteiger partial charge in [-0.3, -0.25) is 9.78 Å². The molecule has 1 aromatic heterocycles. The van der Waals surface area contributed by atoms with E-state index in [4.69, 9.17) is 14.2 Å². The number of rotatable bonds is 7. The first-order valence-corrected chi connectivity index (χ1v) is 10.3. The Morgan fingerprint density at radius 2 is 1.97 bits per heavy atom. The van der Waals surface area contributed by atoms with E-state index in [1.54, 1.807) is 13.2 Å². The number of ether oxygens (including phenoxy) is 3. The first-order valence-electron chi connectivity index (χ1n) is 10.3.